The van der Waals surface area contributed by atoms with Gasteiger partial charge in [-0.2, -0.15) is 0 Å². The number of nitrogens with zero attached hydrogens (tertiary/aromatic N) is 3. The molecule has 0 radical (unpaired) electrons. The van der Waals surface area contributed by atoms with Gasteiger partial charge in [-0.1, -0.05) is 0 Å². The average Bonchev–Trinajstić information content (AvgIpc) is 3.33. The van der Waals surface area contributed by atoms with Gasteiger partial charge in [0.2, 0.25) is 0 Å². The van der Waals surface area contributed by atoms with E-state index in [0.717, 1.165) is 39.9 Å². The zero-order chi connectivity index (χ0) is 16.8. The van der Waals surface area contributed by atoms with Crippen LogP contribution in [0.1, 0.15) is 9.27 Å². The fraction of sp³-hybridized carbons (Fsp3) is 0.0500. The molecule has 0 aliphatic carbocycles. The third kappa shape index (κ3) is 3.21. The molecule has 0 atom stereocenters. The standard InChI is InChI=1S/C20H14N4O.Mg.2H/c25-20-11-18-9-16-4-3-14(22-16)7-12-1-2-13(21-12)8-15-5-6-17(23-15)10-19(20)24-18;;;/h1-10,24-25H,11H2;;;/q;+2;2*-1. The van der Waals surface area contributed by atoms with Gasteiger partial charge in [0, 0.05) is 12.1 Å². The number of allylic oxidation sites excluding steroid dienone is 10. The third-order valence-electron chi connectivity index (χ3n) is 4.22. The van der Waals surface area contributed by atoms with E-state index in [2.05, 4.69) is 20.3 Å². The van der Waals surface area contributed by atoms with E-state index in [1.54, 1.807) is 0 Å². The first-order valence-electron chi connectivity index (χ1n) is 8.06. The molecule has 0 saturated carbocycles. The Bertz CT molecular complexity index is 1050. The van der Waals surface area contributed by atoms with E-state index in [1.807, 2.05) is 60.8 Å². The Balaban J connectivity index is 0.000000934. The topological polar surface area (TPSA) is 69.3 Å². The van der Waals surface area contributed by atoms with Crippen LogP contribution in [-0.2, 0) is 0 Å². The summed E-state index contributed by atoms with van der Waals surface area (Å²) in [5.41, 5.74) is 6.66. The van der Waals surface area contributed by atoms with Gasteiger partial charge in [-0.15, -0.1) is 0 Å². The van der Waals surface area contributed by atoms with Gasteiger partial charge < -0.3 is 13.3 Å². The predicted octanol–water partition coefficient (Wildman–Crippen LogP) is 3.18. The van der Waals surface area contributed by atoms with Gasteiger partial charge in [-0.25, -0.2) is 15.0 Å². The van der Waals surface area contributed by atoms with Crippen LogP contribution >= 0.6 is 0 Å². The predicted molar refractivity (Wildman–Crippen MR) is 107 cm³/mol. The van der Waals surface area contributed by atoms with Crippen molar-refractivity contribution in [3.63, 3.8) is 0 Å². The second-order valence-electron chi connectivity index (χ2n) is 6.15. The fourth-order valence-corrected chi connectivity index (χ4v) is 3.07. The zero-order valence-electron chi connectivity index (χ0n) is 16.0. The summed E-state index contributed by atoms with van der Waals surface area (Å²) in [4.78, 5) is 13.7. The van der Waals surface area contributed by atoms with Crippen LogP contribution in [0.25, 0.3) is 0 Å². The van der Waals surface area contributed by atoms with Crippen LogP contribution in [-0.4, -0.2) is 45.3 Å². The average molecular weight is 353 g/mol. The Morgan fingerprint density at radius 2 is 1.23 bits per heavy atom. The van der Waals surface area contributed by atoms with Crippen LogP contribution in [0.4, 0.5) is 0 Å². The van der Waals surface area contributed by atoms with Crippen molar-refractivity contribution in [1.82, 2.24) is 5.32 Å². The smallest absolute Gasteiger partial charge is 1.00 e. The fourth-order valence-electron chi connectivity index (χ4n) is 3.07. The van der Waals surface area contributed by atoms with Crippen LogP contribution < -0.4 is 5.32 Å². The molecule has 2 N–H and O–H groups in total. The Morgan fingerprint density at radius 3 is 1.81 bits per heavy atom. The minimum absolute atomic E-state index is 0. The van der Waals surface area contributed by atoms with Gasteiger partial charge in [0.1, 0.15) is 5.76 Å². The SMILES string of the molecule is OC1=C2C=C3C=CC(=N3)C=C3C=CC(=N3)C=C3C=CC(=N3)C=C(C1)N2.[H-].[H-].[Mg+2]. The maximum Gasteiger partial charge on any atom is 2.00 e. The molecule has 0 unspecified atom stereocenters. The molecule has 8 bridgehead atoms. The molecule has 5 nitrogen and oxygen atoms in total. The van der Waals surface area contributed by atoms with Gasteiger partial charge in [-0.05, 0) is 60.8 Å². The van der Waals surface area contributed by atoms with Gasteiger partial charge in [0.25, 0.3) is 0 Å². The molecule has 0 fully saturated rings. The Hall–Kier alpha value is -2.70. The van der Waals surface area contributed by atoms with Crippen molar-refractivity contribution in [1.29, 1.82) is 0 Å². The van der Waals surface area contributed by atoms with Crippen LogP contribution in [0, 0.1) is 0 Å². The van der Waals surface area contributed by atoms with Gasteiger partial charge in [-0.3, -0.25) is 0 Å². The molecule has 0 aromatic carbocycles. The molecule has 5 heterocycles. The molecule has 124 valence electrons. The summed E-state index contributed by atoms with van der Waals surface area (Å²) in [6.07, 6.45) is 19.9. The molecular weight excluding hydrogens is 337 g/mol. The number of aliphatic imine (C=N–C) groups is 3. The summed E-state index contributed by atoms with van der Waals surface area (Å²) in [5.74, 6) is 0.310. The molecular formula is C20H16MgN4O. The number of rotatable bonds is 0. The summed E-state index contributed by atoms with van der Waals surface area (Å²) in [6, 6.07) is 0. The van der Waals surface area contributed by atoms with E-state index in [1.165, 1.54) is 0 Å². The summed E-state index contributed by atoms with van der Waals surface area (Å²) in [6.45, 7) is 0. The number of fused-ring (bicyclic) bond motifs is 5. The largest absolute Gasteiger partial charge is 2.00 e. The second-order valence-corrected chi connectivity index (χ2v) is 6.15. The van der Waals surface area contributed by atoms with Crippen molar-refractivity contribution < 1.29 is 7.96 Å². The number of aliphatic hydroxyl groups is 1. The monoisotopic (exact) mass is 352 g/mol. The molecule has 5 rings (SSSR count). The summed E-state index contributed by atoms with van der Waals surface area (Å²) < 4.78 is 0. The molecule has 6 heteroatoms. The molecule has 0 aromatic rings. The molecule has 0 spiro atoms. The minimum atomic E-state index is 0. The summed E-state index contributed by atoms with van der Waals surface area (Å²) in [7, 11) is 0. The number of nitrogens with one attached hydrogen (secondary N) is 1. The first kappa shape index (κ1) is 16.7. The maximum atomic E-state index is 10.2. The summed E-state index contributed by atoms with van der Waals surface area (Å²) in [5, 5.41) is 13.5. The molecule has 0 amide bonds. The number of hydrogen-bond acceptors (Lipinski definition) is 5. The normalized spacial score (nSPS) is 22.1. The van der Waals surface area contributed by atoms with Gasteiger partial charge >= 0.3 is 23.1 Å². The first-order chi connectivity index (χ1) is 12.2. The molecule has 0 saturated heterocycles. The van der Waals surface area contributed by atoms with Crippen molar-refractivity contribution in [2.75, 3.05) is 0 Å². The number of hydrogen-bond donors (Lipinski definition) is 2. The Labute approximate surface area is 169 Å². The van der Waals surface area contributed by atoms with Gasteiger partial charge in [0.15, 0.2) is 0 Å². The van der Waals surface area contributed by atoms with Crippen LogP contribution in [0.15, 0.2) is 110 Å². The summed E-state index contributed by atoms with van der Waals surface area (Å²) >= 11 is 0. The Kier molecular flexibility index (Phi) is 4.22. The molecule has 5 aliphatic heterocycles. The van der Waals surface area contributed by atoms with Gasteiger partial charge in [0.05, 0.1) is 39.9 Å². The second kappa shape index (κ2) is 6.55. The Morgan fingerprint density at radius 1 is 0.731 bits per heavy atom. The van der Waals surface area contributed by atoms with Crippen molar-refractivity contribution >= 4 is 40.2 Å². The molecule has 0 aromatic heterocycles. The van der Waals surface area contributed by atoms with Crippen LogP contribution in [0.2, 0.25) is 0 Å². The van der Waals surface area contributed by atoms with E-state index < -0.39 is 0 Å². The van der Waals surface area contributed by atoms with Crippen LogP contribution in [0.3, 0.4) is 0 Å². The van der Waals surface area contributed by atoms with Crippen molar-refractivity contribution in [3.05, 3.63) is 95.0 Å². The van der Waals surface area contributed by atoms with E-state index in [9.17, 15) is 5.11 Å². The van der Waals surface area contributed by atoms with Crippen molar-refractivity contribution in [3.8, 4) is 0 Å². The third-order valence-corrected chi connectivity index (χ3v) is 4.22. The minimum Gasteiger partial charge on any atom is -1.00 e. The zero-order valence-corrected chi connectivity index (χ0v) is 15.4. The molecule has 5 aliphatic rings. The van der Waals surface area contributed by atoms with Crippen molar-refractivity contribution in [2.24, 2.45) is 15.0 Å². The van der Waals surface area contributed by atoms with E-state index in [-0.39, 0.29) is 25.9 Å². The quantitative estimate of drug-likeness (QED) is 0.657. The van der Waals surface area contributed by atoms with E-state index in [0.29, 0.717) is 17.9 Å². The van der Waals surface area contributed by atoms with E-state index in [4.69, 9.17) is 0 Å². The first-order valence-corrected chi connectivity index (χ1v) is 8.06. The van der Waals surface area contributed by atoms with E-state index >= 15 is 0 Å². The van der Waals surface area contributed by atoms with Crippen molar-refractivity contribution in [2.45, 2.75) is 6.42 Å². The van der Waals surface area contributed by atoms with Crippen LogP contribution in [0.5, 0.6) is 0 Å². The molecule has 26 heavy (non-hydrogen) atoms. The maximum absolute atomic E-state index is 10.2. The number of aliphatic hydroxyl groups excluding tert-OH is 1.